The molecular formula is C23H25N3O4. The van der Waals surface area contributed by atoms with Gasteiger partial charge in [-0.3, -0.25) is 14.4 Å². The van der Waals surface area contributed by atoms with Gasteiger partial charge in [0.2, 0.25) is 17.7 Å². The fraction of sp³-hybridized carbons (Fsp3) is 0.348. The highest BCUT2D eigenvalue weighted by Crippen LogP contribution is 2.55. The monoisotopic (exact) mass is 407 g/mol. The number of para-hydroxylation sites is 1. The molecule has 0 aromatic heterocycles. The standard InChI is InChI=1S/C23H25N3O4/c1-15(27)24-12-10-20(28)26-13-11-23(18-8-3-4-9-19(18)25-22(23)29)21(26)16-6-5-7-17(14-16)30-2/h3-9,14,21H,10-13H2,1-2H3,(H,24,27)(H,25,29)/t21-,23+/m0/s1. The summed E-state index contributed by atoms with van der Waals surface area (Å²) in [6.07, 6.45) is 0.711. The van der Waals surface area contributed by atoms with Crippen LogP contribution in [0.1, 0.15) is 36.9 Å². The number of ether oxygens (including phenoxy) is 1. The van der Waals surface area contributed by atoms with E-state index in [0.29, 0.717) is 18.7 Å². The first-order valence-electron chi connectivity index (χ1n) is 10.1. The molecule has 3 amide bonds. The van der Waals surface area contributed by atoms with Gasteiger partial charge in [0, 0.05) is 32.1 Å². The number of fused-ring (bicyclic) bond motifs is 2. The van der Waals surface area contributed by atoms with Crippen molar-refractivity contribution in [2.24, 2.45) is 0 Å². The van der Waals surface area contributed by atoms with Gasteiger partial charge in [0.15, 0.2) is 0 Å². The molecule has 2 aromatic carbocycles. The van der Waals surface area contributed by atoms with Gasteiger partial charge in [-0.05, 0) is 35.7 Å². The maximum atomic E-state index is 13.3. The number of anilines is 1. The second-order valence-electron chi connectivity index (χ2n) is 7.72. The van der Waals surface area contributed by atoms with Crippen molar-refractivity contribution in [2.75, 3.05) is 25.5 Å². The van der Waals surface area contributed by atoms with E-state index in [1.165, 1.54) is 6.92 Å². The summed E-state index contributed by atoms with van der Waals surface area (Å²) in [4.78, 5) is 39.4. The van der Waals surface area contributed by atoms with Crippen LogP contribution in [0.15, 0.2) is 48.5 Å². The highest BCUT2D eigenvalue weighted by Gasteiger charge is 2.59. The number of methoxy groups -OCH3 is 1. The van der Waals surface area contributed by atoms with Gasteiger partial charge in [-0.25, -0.2) is 0 Å². The van der Waals surface area contributed by atoms with Crippen LogP contribution in [0.25, 0.3) is 0 Å². The number of likely N-dealkylation sites (tertiary alicyclic amines) is 1. The van der Waals surface area contributed by atoms with Gasteiger partial charge in [-0.1, -0.05) is 30.3 Å². The van der Waals surface area contributed by atoms with Crippen LogP contribution in [0.3, 0.4) is 0 Å². The van der Waals surface area contributed by atoms with Gasteiger partial charge in [-0.15, -0.1) is 0 Å². The first-order chi connectivity index (χ1) is 14.5. The molecule has 2 aliphatic heterocycles. The number of carbonyl (C=O) groups is 3. The number of benzene rings is 2. The second-order valence-corrected chi connectivity index (χ2v) is 7.72. The van der Waals surface area contributed by atoms with E-state index in [0.717, 1.165) is 16.8 Å². The summed E-state index contributed by atoms with van der Waals surface area (Å²) < 4.78 is 5.40. The molecule has 7 nitrogen and oxygen atoms in total. The number of carbonyl (C=O) groups excluding carboxylic acids is 3. The molecule has 2 atom stereocenters. The van der Waals surface area contributed by atoms with Gasteiger partial charge in [0.1, 0.15) is 11.2 Å². The van der Waals surface area contributed by atoms with Crippen molar-refractivity contribution in [3.05, 3.63) is 59.7 Å². The van der Waals surface area contributed by atoms with Gasteiger partial charge < -0.3 is 20.3 Å². The van der Waals surface area contributed by atoms with Crippen LogP contribution in [0.4, 0.5) is 5.69 Å². The summed E-state index contributed by atoms with van der Waals surface area (Å²) in [5.41, 5.74) is 1.71. The number of hydrogen-bond donors (Lipinski definition) is 2. The van der Waals surface area contributed by atoms with Crippen molar-refractivity contribution >= 4 is 23.4 Å². The lowest BCUT2D eigenvalue weighted by atomic mass is 9.72. The molecule has 1 fully saturated rings. The van der Waals surface area contributed by atoms with Gasteiger partial charge in [0.05, 0.1) is 13.2 Å². The SMILES string of the molecule is COc1cccc([C@@H]2N(C(=O)CCNC(C)=O)CC[C@]23C(=O)Nc2ccccc23)c1. The van der Waals surface area contributed by atoms with E-state index in [9.17, 15) is 14.4 Å². The minimum Gasteiger partial charge on any atom is -0.497 e. The van der Waals surface area contributed by atoms with Crippen LogP contribution in [-0.4, -0.2) is 42.8 Å². The topological polar surface area (TPSA) is 87.7 Å². The van der Waals surface area contributed by atoms with Crippen molar-refractivity contribution in [1.82, 2.24) is 10.2 Å². The normalized spacial score (nSPS) is 22.0. The third-order valence-electron chi connectivity index (χ3n) is 6.03. The first kappa shape index (κ1) is 19.9. The lowest BCUT2D eigenvalue weighted by Gasteiger charge is -2.34. The fourth-order valence-corrected chi connectivity index (χ4v) is 4.72. The van der Waals surface area contributed by atoms with Crippen molar-refractivity contribution in [3.63, 3.8) is 0 Å². The maximum Gasteiger partial charge on any atom is 0.237 e. The van der Waals surface area contributed by atoms with Crippen LogP contribution >= 0.6 is 0 Å². The Balaban J connectivity index is 1.77. The summed E-state index contributed by atoms with van der Waals surface area (Å²) >= 11 is 0. The number of hydrogen-bond acceptors (Lipinski definition) is 4. The molecule has 4 rings (SSSR count). The molecule has 1 spiro atoms. The lowest BCUT2D eigenvalue weighted by molar-refractivity contribution is -0.133. The largest absolute Gasteiger partial charge is 0.497 e. The van der Waals surface area contributed by atoms with Crippen LogP contribution in [0.5, 0.6) is 5.75 Å². The number of rotatable bonds is 5. The highest BCUT2D eigenvalue weighted by atomic mass is 16.5. The average Bonchev–Trinajstić information content (AvgIpc) is 3.27. The summed E-state index contributed by atoms with van der Waals surface area (Å²) in [5.74, 6) is 0.320. The smallest absolute Gasteiger partial charge is 0.237 e. The number of nitrogens with zero attached hydrogens (tertiary/aromatic N) is 1. The maximum absolute atomic E-state index is 13.3. The molecule has 0 unspecified atom stereocenters. The molecule has 0 radical (unpaired) electrons. The Bertz CT molecular complexity index is 1010. The molecular weight excluding hydrogens is 382 g/mol. The Morgan fingerprint density at radius 1 is 1.23 bits per heavy atom. The Kier molecular flexibility index (Phi) is 5.20. The molecule has 30 heavy (non-hydrogen) atoms. The Hall–Kier alpha value is -3.35. The minimum absolute atomic E-state index is 0.0892. The van der Waals surface area contributed by atoms with Gasteiger partial charge >= 0.3 is 0 Å². The van der Waals surface area contributed by atoms with Crippen LogP contribution in [-0.2, 0) is 19.8 Å². The average molecular weight is 407 g/mol. The van der Waals surface area contributed by atoms with Crippen molar-refractivity contribution < 1.29 is 19.1 Å². The van der Waals surface area contributed by atoms with E-state index < -0.39 is 11.5 Å². The van der Waals surface area contributed by atoms with E-state index in [1.807, 2.05) is 48.5 Å². The molecule has 2 aromatic rings. The zero-order chi connectivity index (χ0) is 21.3. The Labute approximate surface area is 175 Å². The van der Waals surface area contributed by atoms with E-state index in [4.69, 9.17) is 4.74 Å². The van der Waals surface area contributed by atoms with Crippen molar-refractivity contribution in [2.45, 2.75) is 31.2 Å². The summed E-state index contributed by atoms with van der Waals surface area (Å²) in [6.45, 7) is 2.15. The second kappa shape index (κ2) is 7.82. The van der Waals surface area contributed by atoms with E-state index in [1.54, 1.807) is 12.0 Å². The highest BCUT2D eigenvalue weighted by molar-refractivity contribution is 6.07. The van der Waals surface area contributed by atoms with Crippen LogP contribution in [0, 0.1) is 0 Å². The number of nitrogens with one attached hydrogen (secondary N) is 2. The molecule has 2 aliphatic rings. The molecule has 1 saturated heterocycles. The molecule has 2 heterocycles. The fourth-order valence-electron chi connectivity index (χ4n) is 4.72. The summed E-state index contributed by atoms with van der Waals surface area (Å²) in [6, 6.07) is 14.8. The van der Waals surface area contributed by atoms with Crippen LogP contribution < -0.4 is 15.4 Å². The molecule has 0 bridgehead atoms. The Morgan fingerprint density at radius 3 is 2.80 bits per heavy atom. The zero-order valence-corrected chi connectivity index (χ0v) is 17.1. The molecule has 156 valence electrons. The predicted molar refractivity (Wildman–Crippen MR) is 112 cm³/mol. The van der Waals surface area contributed by atoms with E-state index >= 15 is 0 Å². The molecule has 0 aliphatic carbocycles. The van der Waals surface area contributed by atoms with E-state index in [-0.39, 0.29) is 30.7 Å². The van der Waals surface area contributed by atoms with Crippen molar-refractivity contribution in [3.8, 4) is 5.75 Å². The Morgan fingerprint density at radius 2 is 2.03 bits per heavy atom. The quantitative estimate of drug-likeness (QED) is 0.797. The molecule has 7 heteroatoms. The third kappa shape index (κ3) is 3.20. The van der Waals surface area contributed by atoms with Gasteiger partial charge in [0.25, 0.3) is 0 Å². The number of amides is 3. The molecule has 0 saturated carbocycles. The lowest BCUT2D eigenvalue weighted by Crippen LogP contribution is -2.43. The minimum atomic E-state index is -0.855. The van der Waals surface area contributed by atoms with E-state index in [2.05, 4.69) is 10.6 Å². The zero-order valence-electron chi connectivity index (χ0n) is 17.1. The third-order valence-corrected chi connectivity index (χ3v) is 6.03. The van der Waals surface area contributed by atoms with Crippen molar-refractivity contribution in [1.29, 1.82) is 0 Å². The summed E-state index contributed by atoms with van der Waals surface area (Å²) in [7, 11) is 1.59. The summed E-state index contributed by atoms with van der Waals surface area (Å²) in [5, 5.41) is 5.68. The molecule has 2 N–H and O–H groups in total. The van der Waals surface area contributed by atoms with Gasteiger partial charge in [-0.2, -0.15) is 0 Å². The predicted octanol–water partition coefficient (Wildman–Crippen LogP) is 2.38. The first-order valence-corrected chi connectivity index (χ1v) is 10.1. The van der Waals surface area contributed by atoms with Crippen LogP contribution in [0.2, 0.25) is 0 Å².